The first-order valence-corrected chi connectivity index (χ1v) is 11.5. The molecule has 35 heavy (non-hydrogen) atoms. The number of hydrogen-bond acceptors (Lipinski definition) is 7. The Morgan fingerprint density at radius 1 is 1.03 bits per heavy atom. The summed E-state index contributed by atoms with van der Waals surface area (Å²) in [6.45, 7) is 0.379. The van der Waals surface area contributed by atoms with Crippen molar-refractivity contribution in [1.29, 1.82) is 0 Å². The second-order valence-electron chi connectivity index (χ2n) is 7.75. The molecule has 0 aromatic heterocycles. The molecule has 5 rings (SSSR count). The molecule has 0 N–H and O–H groups in total. The van der Waals surface area contributed by atoms with E-state index in [4.69, 9.17) is 18.9 Å². The highest BCUT2D eigenvalue weighted by Crippen LogP contribution is 2.36. The molecule has 1 fully saturated rings. The largest absolute Gasteiger partial charge is 0.493 e. The molecular formula is C26H20FNO6S. The lowest BCUT2D eigenvalue weighted by Crippen LogP contribution is -2.27. The van der Waals surface area contributed by atoms with Crippen molar-refractivity contribution >= 4 is 29.0 Å². The first-order chi connectivity index (χ1) is 17.0. The summed E-state index contributed by atoms with van der Waals surface area (Å²) >= 11 is 0.819. The molecule has 2 heterocycles. The van der Waals surface area contributed by atoms with E-state index in [-0.39, 0.29) is 23.8 Å². The fraction of sp³-hybridized carbons (Fsp3) is 0.154. The van der Waals surface area contributed by atoms with E-state index in [1.165, 1.54) is 13.2 Å². The molecule has 0 bridgehead atoms. The van der Waals surface area contributed by atoms with Gasteiger partial charge in [-0.25, -0.2) is 4.39 Å². The maximum absolute atomic E-state index is 14.0. The van der Waals surface area contributed by atoms with Crippen LogP contribution in [0.3, 0.4) is 0 Å². The van der Waals surface area contributed by atoms with Gasteiger partial charge in [-0.2, -0.15) is 0 Å². The average molecular weight is 494 g/mol. The van der Waals surface area contributed by atoms with Crippen LogP contribution in [0.5, 0.6) is 23.0 Å². The number of imide groups is 1. The van der Waals surface area contributed by atoms with E-state index in [1.807, 2.05) is 18.2 Å². The van der Waals surface area contributed by atoms with Crippen LogP contribution in [-0.4, -0.2) is 29.9 Å². The summed E-state index contributed by atoms with van der Waals surface area (Å²) in [5.74, 6) is 1.45. The number of fused-ring (bicyclic) bond motifs is 1. The molecule has 2 aliphatic heterocycles. The molecule has 0 spiro atoms. The maximum atomic E-state index is 14.0. The number of carbonyl (C=O) groups is 2. The SMILES string of the molecule is COc1cc(C=C2SC(=O)N(Cc3ccccc3F)C2=O)ccc1OCc1ccc2c(c1)OCO2. The van der Waals surface area contributed by atoms with Crippen LogP contribution in [0.2, 0.25) is 0 Å². The summed E-state index contributed by atoms with van der Waals surface area (Å²) < 4.78 is 36.1. The van der Waals surface area contributed by atoms with Crippen molar-refractivity contribution in [1.82, 2.24) is 4.90 Å². The van der Waals surface area contributed by atoms with Gasteiger partial charge in [0.25, 0.3) is 11.1 Å². The van der Waals surface area contributed by atoms with E-state index < -0.39 is 17.0 Å². The van der Waals surface area contributed by atoms with Gasteiger partial charge in [-0.1, -0.05) is 30.3 Å². The number of benzene rings is 3. The van der Waals surface area contributed by atoms with Crippen molar-refractivity contribution in [2.24, 2.45) is 0 Å². The van der Waals surface area contributed by atoms with Gasteiger partial charge in [-0.15, -0.1) is 0 Å². The number of rotatable bonds is 7. The molecule has 2 amide bonds. The molecular weight excluding hydrogens is 473 g/mol. The molecule has 2 aliphatic rings. The Balaban J connectivity index is 1.29. The highest BCUT2D eigenvalue weighted by atomic mass is 32.2. The highest BCUT2D eigenvalue weighted by Gasteiger charge is 2.35. The minimum Gasteiger partial charge on any atom is -0.493 e. The van der Waals surface area contributed by atoms with Gasteiger partial charge in [-0.05, 0) is 59.3 Å². The van der Waals surface area contributed by atoms with Crippen LogP contribution >= 0.6 is 11.8 Å². The molecule has 9 heteroatoms. The zero-order chi connectivity index (χ0) is 24.4. The van der Waals surface area contributed by atoms with E-state index in [0.29, 0.717) is 35.2 Å². The number of hydrogen-bond donors (Lipinski definition) is 0. The Hall–Kier alpha value is -3.98. The fourth-order valence-corrected chi connectivity index (χ4v) is 4.51. The second kappa shape index (κ2) is 9.71. The van der Waals surface area contributed by atoms with Crippen molar-refractivity contribution in [2.45, 2.75) is 13.2 Å². The zero-order valence-electron chi connectivity index (χ0n) is 18.7. The number of amides is 2. The minimum absolute atomic E-state index is 0.120. The van der Waals surface area contributed by atoms with Crippen LogP contribution < -0.4 is 18.9 Å². The third kappa shape index (κ3) is 4.81. The number of thioether (sulfide) groups is 1. The van der Waals surface area contributed by atoms with Crippen molar-refractivity contribution < 1.29 is 32.9 Å². The molecule has 0 unspecified atom stereocenters. The molecule has 1 saturated heterocycles. The Kier molecular flexibility index (Phi) is 6.33. The molecule has 178 valence electrons. The Morgan fingerprint density at radius 3 is 2.69 bits per heavy atom. The predicted octanol–water partition coefficient (Wildman–Crippen LogP) is 5.38. The van der Waals surface area contributed by atoms with Crippen molar-refractivity contribution in [3.05, 3.63) is 88.1 Å². The van der Waals surface area contributed by atoms with Gasteiger partial charge >= 0.3 is 0 Å². The van der Waals surface area contributed by atoms with E-state index in [9.17, 15) is 14.0 Å². The van der Waals surface area contributed by atoms with Gasteiger partial charge in [0.2, 0.25) is 6.79 Å². The van der Waals surface area contributed by atoms with Crippen LogP contribution in [-0.2, 0) is 17.9 Å². The zero-order valence-corrected chi connectivity index (χ0v) is 19.5. The van der Waals surface area contributed by atoms with Gasteiger partial charge in [0.15, 0.2) is 23.0 Å². The fourth-order valence-electron chi connectivity index (χ4n) is 3.67. The topological polar surface area (TPSA) is 74.3 Å². The number of methoxy groups -OCH3 is 1. The van der Waals surface area contributed by atoms with Crippen LogP contribution in [0.4, 0.5) is 9.18 Å². The second-order valence-corrected chi connectivity index (χ2v) is 8.74. The first kappa shape index (κ1) is 22.8. The summed E-state index contributed by atoms with van der Waals surface area (Å²) in [5, 5.41) is -0.444. The molecule has 0 saturated carbocycles. The quantitative estimate of drug-likeness (QED) is 0.409. The average Bonchev–Trinajstić information content (AvgIpc) is 3.44. The standard InChI is InChI=1S/C26H20FNO6S/c1-31-22-10-16(6-8-20(22)32-14-17-7-9-21-23(11-17)34-15-33-21)12-24-25(29)28(26(30)35-24)13-18-4-2-3-5-19(18)27/h2-12H,13-15H2,1H3. The van der Waals surface area contributed by atoms with Crippen molar-refractivity contribution in [2.75, 3.05) is 13.9 Å². The minimum atomic E-state index is -0.467. The molecule has 0 radical (unpaired) electrons. The molecule has 0 aliphatic carbocycles. The van der Waals surface area contributed by atoms with Gasteiger partial charge in [-0.3, -0.25) is 14.5 Å². The lowest BCUT2D eigenvalue weighted by molar-refractivity contribution is -0.123. The first-order valence-electron chi connectivity index (χ1n) is 10.7. The Labute approximate surface area is 205 Å². The lowest BCUT2D eigenvalue weighted by atomic mass is 10.1. The smallest absolute Gasteiger partial charge is 0.293 e. The number of nitrogens with zero attached hydrogens (tertiary/aromatic N) is 1. The van der Waals surface area contributed by atoms with Gasteiger partial charge < -0.3 is 18.9 Å². The van der Waals surface area contributed by atoms with Gasteiger partial charge in [0.05, 0.1) is 18.6 Å². The van der Waals surface area contributed by atoms with Crippen LogP contribution in [0.25, 0.3) is 6.08 Å². The monoisotopic (exact) mass is 493 g/mol. The maximum Gasteiger partial charge on any atom is 0.293 e. The van der Waals surface area contributed by atoms with Crippen LogP contribution in [0, 0.1) is 5.82 Å². The molecule has 0 atom stereocenters. The van der Waals surface area contributed by atoms with Gasteiger partial charge in [0.1, 0.15) is 12.4 Å². The molecule has 3 aromatic rings. The normalized spacial score (nSPS) is 15.7. The summed E-state index contributed by atoms with van der Waals surface area (Å²) in [7, 11) is 1.52. The Bertz CT molecular complexity index is 1340. The molecule has 3 aromatic carbocycles. The predicted molar refractivity (Wildman–Crippen MR) is 128 cm³/mol. The van der Waals surface area contributed by atoms with Crippen molar-refractivity contribution in [3.63, 3.8) is 0 Å². The number of ether oxygens (including phenoxy) is 4. The van der Waals surface area contributed by atoms with Gasteiger partial charge in [0, 0.05) is 5.56 Å². The highest BCUT2D eigenvalue weighted by molar-refractivity contribution is 8.18. The summed E-state index contributed by atoms with van der Waals surface area (Å²) in [6, 6.07) is 16.9. The van der Waals surface area contributed by atoms with E-state index in [0.717, 1.165) is 22.2 Å². The Morgan fingerprint density at radius 2 is 1.86 bits per heavy atom. The van der Waals surface area contributed by atoms with Crippen molar-refractivity contribution in [3.8, 4) is 23.0 Å². The van der Waals surface area contributed by atoms with Crippen LogP contribution in [0.1, 0.15) is 16.7 Å². The number of halogens is 1. The lowest BCUT2D eigenvalue weighted by Gasteiger charge is -2.13. The number of carbonyl (C=O) groups excluding carboxylic acids is 2. The summed E-state index contributed by atoms with van der Waals surface area (Å²) in [5.41, 5.74) is 1.85. The third-order valence-electron chi connectivity index (χ3n) is 5.48. The van der Waals surface area contributed by atoms with Crippen LogP contribution in [0.15, 0.2) is 65.6 Å². The van der Waals surface area contributed by atoms with E-state index >= 15 is 0 Å². The van der Waals surface area contributed by atoms with E-state index in [2.05, 4.69) is 0 Å². The third-order valence-corrected chi connectivity index (χ3v) is 6.38. The van der Waals surface area contributed by atoms with E-state index in [1.54, 1.807) is 42.5 Å². The molecule has 7 nitrogen and oxygen atoms in total. The summed E-state index contributed by atoms with van der Waals surface area (Å²) in [4.78, 5) is 26.5. The summed E-state index contributed by atoms with van der Waals surface area (Å²) in [6.07, 6.45) is 1.61.